The molecule has 0 aliphatic carbocycles. The highest BCUT2D eigenvalue weighted by atomic mass is 15.3. The summed E-state index contributed by atoms with van der Waals surface area (Å²) >= 11 is 0. The summed E-state index contributed by atoms with van der Waals surface area (Å²) in [6, 6.07) is 2.10. The van der Waals surface area contributed by atoms with Gasteiger partial charge in [-0.2, -0.15) is 5.10 Å². The van der Waals surface area contributed by atoms with Gasteiger partial charge in [0, 0.05) is 43.7 Å². The van der Waals surface area contributed by atoms with E-state index in [1.807, 2.05) is 17.9 Å². The minimum atomic E-state index is 0.524. The molecule has 6 nitrogen and oxygen atoms in total. The number of azide groups is 1. The van der Waals surface area contributed by atoms with E-state index < -0.39 is 0 Å². The van der Waals surface area contributed by atoms with Crippen LogP contribution in [0.15, 0.2) is 17.4 Å². The predicted octanol–water partition coefficient (Wildman–Crippen LogP) is 1.91. The Bertz CT molecular complexity index is 406. The Labute approximate surface area is 101 Å². The summed E-state index contributed by atoms with van der Waals surface area (Å²) < 4.78 is 1.86. The molecule has 17 heavy (non-hydrogen) atoms. The third-order valence-corrected chi connectivity index (χ3v) is 3.24. The zero-order valence-electron chi connectivity index (χ0n) is 10.2. The molecular weight excluding hydrogens is 216 g/mol. The highest BCUT2D eigenvalue weighted by Crippen LogP contribution is 2.25. The van der Waals surface area contributed by atoms with Crippen molar-refractivity contribution in [3.8, 4) is 0 Å². The highest BCUT2D eigenvalue weighted by Gasteiger charge is 2.22. The summed E-state index contributed by atoms with van der Waals surface area (Å²) in [5.74, 6) is 0.524. The second-order valence-electron chi connectivity index (χ2n) is 4.51. The Morgan fingerprint density at radius 2 is 2.53 bits per heavy atom. The lowest BCUT2D eigenvalue weighted by atomic mass is 9.95. The van der Waals surface area contributed by atoms with Crippen LogP contribution in [0.1, 0.15) is 24.5 Å². The van der Waals surface area contributed by atoms with Gasteiger partial charge in [0.2, 0.25) is 0 Å². The van der Waals surface area contributed by atoms with E-state index in [0.717, 1.165) is 19.6 Å². The lowest BCUT2D eigenvalue weighted by Gasteiger charge is -2.31. The first-order valence-electron chi connectivity index (χ1n) is 6.02. The molecule has 1 aromatic heterocycles. The fraction of sp³-hybridized carbons (Fsp3) is 0.727. The summed E-state index contributed by atoms with van der Waals surface area (Å²) in [6.45, 7) is 3.54. The average Bonchev–Trinajstić information content (AvgIpc) is 2.77. The van der Waals surface area contributed by atoms with Crippen molar-refractivity contribution in [2.45, 2.75) is 18.8 Å². The Morgan fingerprint density at radius 1 is 1.65 bits per heavy atom. The van der Waals surface area contributed by atoms with E-state index in [1.54, 1.807) is 0 Å². The van der Waals surface area contributed by atoms with Crippen molar-refractivity contribution >= 4 is 0 Å². The van der Waals surface area contributed by atoms with Gasteiger partial charge in [0.05, 0.1) is 5.69 Å². The van der Waals surface area contributed by atoms with Crippen molar-refractivity contribution in [2.24, 2.45) is 12.2 Å². The van der Waals surface area contributed by atoms with Crippen molar-refractivity contribution in [3.05, 3.63) is 28.4 Å². The molecule has 1 aliphatic rings. The van der Waals surface area contributed by atoms with Crippen molar-refractivity contribution in [1.29, 1.82) is 0 Å². The molecule has 6 heteroatoms. The fourth-order valence-corrected chi connectivity index (χ4v) is 2.38. The van der Waals surface area contributed by atoms with Crippen molar-refractivity contribution in [3.63, 3.8) is 0 Å². The maximum atomic E-state index is 8.26. The first-order valence-corrected chi connectivity index (χ1v) is 6.02. The van der Waals surface area contributed by atoms with Gasteiger partial charge in [-0.05, 0) is 31.0 Å². The topological polar surface area (TPSA) is 69.8 Å². The molecule has 1 saturated heterocycles. The number of hydrogen-bond acceptors (Lipinski definition) is 3. The standard InChI is InChI=1S/C11H18N6/c1-16-7-4-11(14-16)10-3-2-6-17(9-10)8-5-13-15-12/h4,7,10H,2-3,5-6,8-9H2,1H3. The zero-order chi connectivity index (χ0) is 12.1. The largest absolute Gasteiger partial charge is 0.303 e. The Kier molecular flexibility index (Phi) is 4.01. The van der Waals surface area contributed by atoms with Crippen molar-refractivity contribution in [2.75, 3.05) is 26.2 Å². The number of likely N-dealkylation sites (tertiary alicyclic amines) is 1. The molecule has 92 valence electrons. The van der Waals surface area contributed by atoms with E-state index in [0.29, 0.717) is 12.5 Å². The van der Waals surface area contributed by atoms with Gasteiger partial charge < -0.3 is 4.90 Å². The Balaban J connectivity index is 1.90. The highest BCUT2D eigenvalue weighted by molar-refractivity contribution is 5.08. The summed E-state index contributed by atoms with van der Waals surface area (Å²) in [6.07, 6.45) is 4.39. The maximum absolute atomic E-state index is 8.26. The van der Waals surface area contributed by atoms with Gasteiger partial charge in [0.15, 0.2) is 0 Å². The molecule has 0 spiro atoms. The van der Waals surface area contributed by atoms with E-state index in [2.05, 4.69) is 26.1 Å². The van der Waals surface area contributed by atoms with Crippen LogP contribution < -0.4 is 0 Å². The molecule has 2 heterocycles. The lowest BCUT2D eigenvalue weighted by Crippen LogP contribution is -2.36. The molecule has 0 amide bonds. The van der Waals surface area contributed by atoms with Gasteiger partial charge in [-0.1, -0.05) is 5.11 Å². The maximum Gasteiger partial charge on any atom is 0.0668 e. The summed E-state index contributed by atoms with van der Waals surface area (Å²) in [7, 11) is 1.95. The molecule has 0 radical (unpaired) electrons. The van der Waals surface area contributed by atoms with E-state index >= 15 is 0 Å². The van der Waals surface area contributed by atoms with Crippen LogP contribution in [0.4, 0.5) is 0 Å². The average molecular weight is 234 g/mol. The van der Waals surface area contributed by atoms with Gasteiger partial charge in [-0.3, -0.25) is 4.68 Å². The summed E-state index contributed by atoms with van der Waals surface area (Å²) in [4.78, 5) is 5.14. The molecule has 1 fully saturated rings. The molecule has 1 aromatic rings. The quantitative estimate of drug-likeness (QED) is 0.453. The minimum absolute atomic E-state index is 0.524. The first kappa shape index (κ1) is 12.0. The Morgan fingerprint density at radius 3 is 3.24 bits per heavy atom. The second-order valence-corrected chi connectivity index (χ2v) is 4.51. The van der Waals surface area contributed by atoms with Gasteiger partial charge in [-0.15, -0.1) is 0 Å². The van der Waals surface area contributed by atoms with E-state index in [9.17, 15) is 0 Å². The van der Waals surface area contributed by atoms with Crippen LogP contribution in [0, 0.1) is 0 Å². The summed E-state index contributed by atoms with van der Waals surface area (Å²) in [5, 5.41) is 8.06. The first-order chi connectivity index (χ1) is 8.29. The van der Waals surface area contributed by atoms with Gasteiger partial charge in [-0.25, -0.2) is 0 Å². The fourth-order valence-electron chi connectivity index (χ4n) is 2.38. The molecule has 0 aromatic carbocycles. The zero-order valence-corrected chi connectivity index (χ0v) is 10.2. The van der Waals surface area contributed by atoms with Gasteiger partial charge >= 0.3 is 0 Å². The van der Waals surface area contributed by atoms with Gasteiger partial charge in [0.25, 0.3) is 0 Å². The molecule has 0 saturated carbocycles. The third-order valence-electron chi connectivity index (χ3n) is 3.24. The van der Waals surface area contributed by atoms with Crippen molar-refractivity contribution < 1.29 is 0 Å². The minimum Gasteiger partial charge on any atom is -0.303 e. The Hall–Kier alpha value is -1.52. The second kappa shape index (κ2) is 5.70. The van der Waals surface area contributed by atoms with E-state index in [4.69, 9.17) is 5.53 Å². The van der Waals surface area contributed by atoms with E-state index in [1.165, 1.54) is 18.5 Å². The molecule has 1 aliphatic heterocycles. The number of rotatable bonds is 4. The molecule has 0 N–H and O–H groups in total. The molecule has 1 atom stereocenters. The number of aromatic nitrogens is 2. The number of hydrogen-bond donors (Lipinski definition) is 0. The van der Waals surface area contributed by atoms with Crippen LogP contribution in [-0.4, -0.2) is 40.9 Å². The molecular formula is C11H18N6. The lowest BCUT2D eigenvalue weighted by molar-refractivity contribution is 0.211. The number of piperidine rings is 1. The number of nitrogens with zero attached hydrogens (tertiary/aromatic N) is 6. The van der Waals surface area contributed by atoms with Crippen LogP contribution in [-0.2, 0) is 7.05 Å². The molecule has 1 unspecified atom stereocenters. The predicted molar refractivity (Wildman–Crippen MR) is 65.6 cm³/mol. The molecule has 2 rings (SSSR count). The van der Waals surface area contributed by atoms with Crippen LogP contribution in [0.25, 0.3) is 10.4 Å². The summed E-state index contributed by atoms with van der Waals surface area (Å²) in [5.41, 5.74) is 9.44. The number of aryl methyl sites for hydroxylation is 1. The van der Waals surface area contributed by atoms with Crippen LogP contribution in [0.2, 0.25) is 0 Å². The van der Waals surface area contributed by atoms with E-state index in [-0.39, 0.29) is 0 Å². The van der Waals surface area contributed by atoms with Gasteiger partial charge in [0.1, 0.15) is 0 Å². The van der Waals surface area contributed by atoms with Crippen LogP contribution in [0.3, 0.4) is 0 Å². The monoisotopic (exact) mass is 234 g/mol. The smallest absolute Gasteiger partial charge is 0.0668 e. The normalized spacial score (nSPS) is 21.1. The molecule has 0 bridgehead atoms. The van der Waals surface area contributed by atoms with Crippen LogP contribution >= 0.6 is 0 Å². The van der Waals surface area contributed by atoms with Crippen molar-refractivity contribution in [1.82, 2.24) is 14.7 Å². The van der Waals surface area contributed by atoms with Crippen LogP contribution in [0.5, 0.6) is 0 Å². The SMILES string of the molecule is Cn1ccc(C2CCCN(CCN=[N+]=[N-])C2)n1. The third kappa shape index (κ3) is 3.22.